The molecule has 0 saturated heterocycles. The van der Waals surface area contributed by atoms with E-state index >= 15 is 0 Å². The molecular weight excluding hydrogens is 570 g/mol. The Labute approximate surface area is 250 Å². The summed E-state index contributed by atoms with van der Waals surface area (Å²) in [4.78, 5) is 53.7. The first-order valence-corrected chi connectivity index (χ1v) is 13.3. The maximum absolute atomic E-state index is 14.7. The molecule has 2 aromatic carbocycles. The minimum absolute atomic E-state index is 0.0573. The second-order valence-corrected chi connectivity index (χ2v) is 11.4. The van der Waals surface area contributed by atoms with E-state index in [1.54, 1.807) is 18.2 Å². The van der Waals surface area contributed by atoms with Gasteiger partial charge in [0.25, 0.3) is 5.91 Å². The molecule has 13 nitrogen and oxygen atoms in total. The fourth-order valence-electron chi connectivity index (χ4n) is 6.84. The van der Waals surface area contributed by atoms with Crippen molar-refractivity contribution in [3.05, 3.63) is 81.6 Å². The highest BCUT2D eigenvalue weighted by molar-refractivity contribution is 6.27. The van der Waals surface area contributed by atoms with Gasteiger partial charge >= 0.3 is 0 Å². The quantitative estimate of drug-likeness (QED) is 0.182. The Hall–Kier alpha value is -5.13. The number of aromatic hydroxyl groups is 1. The van der Waals surface area contributed by atoms with Gasteiger partial charge in [-0.25, -0.2) is 0 Å². The number of phenolic OH excluding ortho intramolecular Hbond substituents is 1. The van der Waals surface area contributed by atoms with Gasteiger partial charge in [-0.2, -0.15) is 5.26 Å². The van der Waals surface area contributed by atoms with Crippen molar-refractivity contribution in [1.82, 2.24) is 4.90 Å². The molecule has 0 aliphatic heterocycles. The summed E-state index contributed by atoms with van der Waals surface area (Å²) in [6.07, 6.45) is -0.857. The summed E-state index contributed by atoms with van der Waals surface area (Å²) in [6.45, 7) is 1.38. The van der Waals surface area contributed by atoms with Crippen LogP contribution in [0, 0.1) is 16.7 Å². The van der Waals surface area contributed by atoms with Crippen molar-refractivity contribution in [3.8, 4) is 11.8 Å². The Bertz CT molecular complexity index is 1840. The molecule has 3 aliphatic carbocycles. The van der Waals surface area contributed by atoms with Crippen molar-refractivity contribution >= 4 is 40.7 Å². The van der Waals surface area contributed by atoms with Gasteiger partial charge < -0.3 is 37.6 Å². The Morgan fingerprint density at radius 3 is 2.18 bits per heavy atom. The molecule has 0 bridgehead atoms. The maximum Gasteiger partial charge on any atom is 0.255 e. The number of amides is 1. The van der Waals surface area contributed by atoms with Gasteiger partial charge in [0, 0.05) is 5.56 Å². The first-order valence-electron chi connectivity index (χ1n) is 13.3. The van der Waals surface area contributed by atoms with Crippen LogP contribution in [0.3, 0.4) is 0 Å². The molecule has 2 aromatic rings. The molecular formula is C31H29N5O8. The summed E-state index contributed by atoms with van der Waals surface area (Å²) in [7, 11) is 2.68. The van der Waals surface area contributed by atoms with Gasteiger partial charge in [0.15, 0.2) is 22.8 Å². The van der Waals surface area contributed by atoms with E-state index in [-0.39, 0.29) is 22.5 Å². The van der Waals surface area contributed by atoms with Gasteiger partial charge in [-0.15, -0.1) is 0 Å². The third-order valence-corrected chi connectivity index (χ3v) is 8.86. The monoisotopic (exact) mass is 599 g/mol. The Kier molecular flexibility index (Phi) is 6.68. The molecule has 226 valence electrons. The number of carbonyl (C=O) groups excluding carboxylic acids is 4. The van der Waals surface area contributed by atoms with Gasteiger partial charge in [-0.05, 0) is 49.9 Å². The van der Waals surface area contributed by atoms with Crippen LogP contribution in [0.1, 0.15) is 34.0 Å². The van der Waals surface area contributed by atoms with E-state index < -0.39 is 74.5 Å². The number of Topliss-reactive ketones (excluding diaryl/α,β-unsaturated/α-hetero) is 3. The van der Waals surface area contributed by atoms with Crippen molar-refractivity contribution in [2.45, 2.75) is 30.1 Å². The minimum Gasteiger partial charge on any atom is -0.509 e. The smallest absolute Gasteiger partial charge is 0.255 e. The third kappa shape index (κ3) is 3.47. The van der Waals surface area contributed by atoms with Crippen LogP contribution in [-0.4, -0.2) is 85.9 Å². The number of phenols is 1. The molecule has 0 aromatic heterocycles. The number of nitrogens with zero attached hydrogens (tertiary/aromatic N) is 2. The topological polar surface area (TPSA) is 254 Å². The Balaban J connectivity index is 1.95. The zero-order valence-corrected chi connectivity index (χ0v) is 23.8. The van der Waals surface area contributed by atoms with Gasteiger partial charge in [0.1, 0.15) is 40.0 Å². The predicted molar refractivity (Wildman–Crippen MR) is 156 cm³/mol. The van der Waals surface area contributed by atoms with Gasteiger partial charge in [0.05, 0.1) is 23.2 Å². The number of primary amides is 1. The number of ketones is 3. The number of aliphatic hydroxyl groups excluding tert-OH is 3. The molecule has 1 amide bonds. The largest absolute Gasteiger partial charge is 0.509 e. The second-order valence-electron chi connectivity index (χ2n) is 11.4. The standard InChI is InChI=1S/C31H29N5O8/c1-13(37)15-9-7-14(8-10-15)11-17-16-5-4-6-18(38)19(16)22(39)21-26(42)29(12-32)25(41)20(27(33)43)23(40)24(36(2)3)31(29,35)28(44)30(17,21)34/h4-11,24,28,38-39,41,44H,34-35H2,1-3H3,(H2,33,43)/b17-11+/t24-,28+,29+,30+,31+/m1/s1. The van der Waals surface area contributed by atoms with Gasteiger partial charge in [0.2, 0.25) is 0 Å². The molecule has 13 heteroatoms. The maximum atomic E-state index is 14.7. The second kappa shape index (κ2) is 9.69. The van der Waals surface area contributed by atoms with Crippen LogP contribution in [0.4, 0.5) is 0 Å². The summed E-state index contributed by atoms with van der Waals surface area (Å²) in [6, 6.07) is 10.1. The summed E-state index contributed by atoms with van der Waals surface area (Å²) in [5, 5.41) is 56.7. The molecule has 0 unspecified atom stereocenters. The predicted octanol–water partition coefficient (Wildman–Crippen LogP) is 0.0770. The molecule has 0 heterocycles. The fourth-order valence-corrected chi connectivity index (χ4v) is 6.84. The van der Waals surface area contributed by atoms with Crippen molar-refractivity contribution in [2.24, 2.45) is 22.6 Å². The van der Waals surface area contributed by atoms with E-state index in [9.17, 15) is 44.9 Å². The van der Waals surface area contributed by atoms with E-state index in [4.69, 9.17) is 17.2 Å². The number of hydrogen-bond acceptors (Lipinski definition) is 12. The lowest BCUT2D eigenvalue weighted by Gasteiger charge is -2.61. The summed E-state index contributed by atoms with van der Waals surface area (Å²) in [5.41, 5.74) is 9.60. The van der Waals surface area contributed by atoms with Crippen LogP contribution < -0.4 is 17.2 Å². The van der Waals surface area contributed by atoms with E-state index in [1.165, 1.54) is 57.4 Å². The highest BCUT2D eigenvalue weighted by Crippen LogP contribution is 2.61. The molecule has 5 rings (SSSR count). The number of benzene rings is 2. The first kappa shape index (κ1) is 30.3. The summed E-state index contributed by atoms with van der Waals surface area (Å²) in [5.74, 6) is -7.05. The number of fused-ring (bicyclic) bond motifs is 3. The lowest BCUT2D eigenvalue weighted by atomic mass is 9.45. The molecule has 3 aliphatic rings. The van der Waals surface area contributed by atoms with Crippen LogP contribution in [0.15, 0.2) is 59.4 Å². The lowest BCUT2D eigenvalue weighted by Crippen LogP contribution is -2.86. The van der Waals surface area contributed by atoms with Crippen LogP contribution in [0.25, 0.3) is 17.4 Å². The zero-order valence-electron chi connectivity index (χ0n) is 23.8. The SMILES string of the molecule is CC(=O)c1ccc(/C=C2\c3cccc(O)c3C(O)=C3C(=O)[C@]4(C#N)C(O)=C(C(N)=O)C(=O)[C@@H](N(C)C)[C@]4(N)[C@@H](O)[C@@]32N)cc1. The van der Waals surface area contributed by atoms with E-state index in [2.05, 4.69) is 0 Å². The normalized spacial score (nSPS) is 30.5. The van der Waals surface area contributed by atoms with Crippen LogP contribution in [0.5, 0.6) is 5.75 Å². The Morgan fingerprint density at radius 1 is 1.05 bits per heavy atom. The Morgan fingerprint density at radius 2 is 1.66 bits per heavy atom. The van der Waals surface area contributed by atoms with Crippen molar-refractivity contribution < 1.29 is 39.6 Å². The summed E-state index contributed by atoms with van der Waals surface area (Å²) < 4.78 is 0. The molecule has 1 fully saturated rings. The van der Waals surface area contributed by atoms with Crippen LogP contribution >= 0.6 is 0 Å². The first-order chi connectivity index (χ1) is 20.5. The number of carbonyl (C=O) groups is 4. The summed E-state index contributed by atoms with van der Waals surface area (Å²) >= 11 is 0. The lowest BCUT2D eigenvalue weighted by molar-refractivity contribution is -0.149. The number of likely N-dealkylation sites (N-methyl/N-ethyl adjacent to an activating group) is 1. The number of nitriles is 1. The van der Waals surface area contributed by atoms with E-state index in [0.717, 1.165) is 4.90 Å². The number of nitrogens with two attached hydrogens (primary N) is 3. The number of rotatable bonds is 4. The van der Waals surface area contributed by atoms with Crippen molar-refractivity contribution in [2.75, 3.05) is 14.1 Å². The van der Waals surface area contributed by atoms with Crippen LogP contribution in [-0.2, 0) is 14.4 Å². The molecule has 1 saturated carbocycles. The van der Waals surface area contributed by atoms with E-state index in [0.29, 0.717) is 11.1 Å². The van der Waals surface area contributed by atoms with Gasteiger partial charge in [-0.3, -0.25) is 24.1 Å². The molecule has 0 spiro atoms. The number of hydrogen-bond donors (Lipinski definition) is 7. The average Bonchev–Trinajstić information content (AvgIpc) is 2.94. The minimum atomic E-state index is -3.05. The highest BCUT2D eigenvalue weighted by atomic mass is 16.3. The van der Waals surface area contributed by atoms with Crippen LogP contribution in [0.2, 0.25) is 0 Å². The average molecular weight is 600 g/mol. The van der Waals surface area contributed by atoms with Gasteiger partial charge in [-0.1, -0.05) is 36.4 Å². The zero-order chi connectivity index (χ0) is 32.7. The van der Waals surface area contributed by atoms with Crippen molar-refractivity contribution in [3.63, 3.8) is 0 Å². The van der Waals surface area contributed by atoms with Crippen molar-refractivity contribution in [1.29, 1.82) is 5.26 Å². The third-order valence-electron chi connectivity index (χ3n) is 8.86. The number of aliphatic hydroxyl groups is 3. The molecule has 10 N–H and O–H groups in total. The molecule has 0 radical (unpaired) electrons. The molecule has 5 atom stereocenters. The highest BCUT2D eigenvalue weighted by Gasteiger charge is 2.79. The molecule has 44 heavy (non-hydrogen) atoms. The fraction of sp³-hybridized carbons (Fsp3) is 0.258. The van der Waals surface area contributed by atoms with E-state index in [1.807, 2.05) is 0 Å².